The molecular formula is C18H19Cl2NO6S. The van der Waals surface area contributed by atoms with E-state index < -0.39 is 22.5 Å². The summed E-state index contributed by atoms with van der Waals surface area (Å²) >= 11 is 12.3. The zero-order chi connectivity index (χ0) is 20.9. The highest BCUT2D eigenvalue weighted by Crippen LogP contribution is 2.40. The van der Waals surface area contributed by atoms with E-state index in [1.165, 1.54) is 32.4 Å². The molecule has 7 nitrogen and oxygen atoms in total. The molecule has 0 N–H and O–H groups in total. The Morgan fingerprint density at radius 1 is 1.04 bits per heavy atom. The first kappa shape index (κ1) is 22.1. The number of methoxy groups -OCH3 is 2. The molecule has 10 heteroatoms. The van der Waals surface area contributed by atoms with E-state index in [4.69, 9.17) is 32.7 Å². The summed E-state index contributed by atoms with van der Waals surface area (Å²) < 4.78 is 42.9. The van der Waals surface area contributed by atoms with Gasteiger partial charge in [0.15, 0.2) is 0 Å². The lowest BCUT2D eigenvalue weighted by Gasteiger charge is -2.26. The van der Waals surface area contributed by atoms with Crippen LogP contribution in [0.25, 0.3) is 0 Å². The molecule has 0 atom stereocenters. The van der Waals surface area contributed by atoms with Gasteiger partial charge in [-0.05, 0) is 31.2 Å². The lowest BCUT2D eigenvalue weighted by molar-refractivity contribution is -0.138. The molecule has 0 aliphatic carbocycles. The monoisotopic (exact) mass is 447 g/mol. The quantitative estimate of drug-likeness (QED) is 0.572. The van der Waals surface area contributed by atoms with Gasteiger partial charge in [0.1, 0.15) is 28.0 Å². The number of para-hydroxylation sites is 2. The summed E-state index contributed by atoms with van der Waals surface area (Å²) in [7, 11) is -1.75. The first-order chi connectivity index (χ1) is 13.3. The Labute approximate surface area is 173 Å². The van der Waals surface area contributed by atoms with Gasteiger partial charge in [-0.2, -0.15) is 0 Å². The Hall–Kier alpha value is -2.16. The Balaban J connectivity index is 2.67. The van der Waals surface area contributed by atoms with Crippen molar-refractivity contribution < 1.29 is 27.4 Å². The molecule has 0 saturated heterocycles. The number of ether oxygens (including phenoxy) is 3. The molecule has 2 rings (SSSR count). The standard InChI is InChI=1S/C18H19Cl2NO6S/c1-4-27-13-8-6-5-7-12(13)21(11-16(22)26-3)28(23,24)15-10-9-14(25-2)17(19)18(15)20/h5-10H,4,11H2,1-3H3. The van der Waals surface area contributed by atoms with E-state index in [0.29, 0.717) is 6.61 Å². The van der Waals surface area contributed by atoms with Gasteiger partial charge >= 0.3 is 5.97 Å². The molecule has 28 heavy (non-hydrogen) atoms. The summed E-state index contributed by atoms with van der Waals surface area (Å²) in [5.41, 5.74) is 0.165. The predicted molar refractivity (Wildman–Crippen MR) is 107 cm³/mol. The van der Waals surface area contributed by atoms with Crippen LogP contribution < -0.4 is 13.8 Å². The number of sulfonamides is 1. The topological polar surface area (TPSA) is 82.1 Å². The number of hydrogen-bond acceptors (Lipinski definition) is 6. The average molecular weight is 448 g/mol. The molecule has 2 aromatic rings. The van der Waals surface area contributed by atoms with E-state index >= 15 is 0 Å². The number of halogens is 2. The number of rotatable bonds is 8. The third-order valence-electron chi connectivity index (χ3n) is 3.73. The van der Waals surface area contributed by atoms with Gasteiger partial charge in [0.05, 0.1) is 31.5 Å². The SMILES string of the molecule is CCOc1ccccc1N(CC(=O)OC)S(=O)(=O)c1ccc(OC)c(Cl)c1Cl. The van der Waals surface area contributed by atoms with Crippen molar-refractivity contribution in [3.8, 4) is 11.5 Å². The summed E-state index contributed by atoms with van der Waals surface area (Å²) in [4.78, 5) is 11.7. The predicted octanol–water partition coefficient (Wildman–Crippen LogP) is 3.77. The van der Waals surface area contributed by atoms with Crippen LogP contribution in [0.15, 0.2) is 41.3 Å². The molecule has 0 radical (unpaired) electrons. The molecule has 0 unspecified atom stereocenters. The van der Waals surface area contributed by atoms with Crippen molar-refractivity contribution in [3.63, 3.8) is 0 Å². The van der Waals surface area contributed by atoms with Gasteiger partial charge in [0, 0.05) is 0 Å². The molecule has 152 valence electrons. The Kier molecular flexibility index (Phi) is 7.40. The van der Waals surface area contributed by atoms with Gasteiger partial charge in [0.25, 0.3) is 10.0 Å². The Morgan fingerprint density at radius 3 is 2.32 bits per heavy atom. The van der Waals surface area contributed by atoms with Crippen LogP contribution in [-0.2, 0) is 19.6 Å². The maximum absolute atomic E-state index is 13.4. The van der Waals surface area contributed by atoms with Crippen LogP contribution in [0, 0.1) is 0 Å². The van der Waals surface area contributed by atoms with Gasteiger partial charge in [-0.1, -0.05) is 35.3 Å². The summed E-state index contributed by atoms with van der Waals surface area (Å²) in [6.07, 6.45) is 0. The number of hydrogen-bond donors (Lipinski definition) is 0. The fraction of sp³-hybridized carbons (Fsp3) is 0.278. The highest BCUT2D eigenvalue weighted by molar-refractivity contribution is 7.93. The first-order valence-corrected chi connectivity index (χ1v) is 10.3. The lowest BCUT2D eigenvalue weighted by atomic mass is 10.3. The molecule has 0 aromatic heterocycles. The van der Waals surface area contributed by atoms with E-state index in [9.17, 15) is 13.2 Å². The fourth-order valence-electron chi connectivity index (χ4n) is 2.41. The van der Waals surface area contributed by atoms with Gasteiger partial charge < -0.3 is 14.2 Å². The maximum atomic E-state index is 13.4. The number of carbonyl (C=O) groups is 1. The van der Waals surface area contributed by atoms with Gasteiger partial charge in [-0.15, -0.1) is 0 Å². The number of esters is 1. The van der Waals surface area contributed by atoms with E-state index in [1.54, 1.807) is 25.1 Å². The molecule has 0 saturated carbocycles. The zero-order valence-corrected chi connectivity index (χ0v) is 17.8. The summed E-state index contributed by atoms with van der Waals surface area (Å²) in [6, 6.07) is 9.07. The second-order valence-corrected chi connectivity index (χ2v) is 7.97. The van der Waals surface area contributed by atoms with Crippen LogP contribution in [0.3, 0.4) is 0 Å². The molecule has 0 heterocycles. The van der Waals surface area contributed by atoms with E-state index in [1.807, 2.05) is 0 Å². The molecule has 0 bridgehead atoms. The normalized spacial score (nSPS) is 11.0. The minimum absolute atomic E-state index is 0.0543. The third kappa shape index (κ3) is 4.45. The van der Waals surface area contributed by atoms with Crippen molar-refractivity contribution >= 4 is 44.9 Å². The minimum atomic E-state index is -4.30. The van der Waals surface area contributed by atoms with Crippen LogP contribution in [0.4, 0.5) is 5.69 Å². The number of benzene rings is 2. The largest absolute Gasteiger partial charge is 0.495 e. The second-order valence-electron chi connectivity index (χ2n) is 5.38. The van der Waals surface area contributed by atoms with E-state index in [2.05, 4.69) is 4.74 Å². The van der Waals surface area contributed by atoms with Crippen molar-refractivity contribution in [2.45, 2.75) is 11.8 Å². The van der Waals surface area contributed by atoms with Crippen molar-refractivity contribution in [2.24, 2.45) is 0 Å². The van der Waals surface area contributed by atoms with Crippen molar-refractivity contribution in [1.29, 1.82) is 0 Å². The molecular weight excluding hydrogens is 429 g/mol. The maximum Gasteiger partial charge on any atom is 0.326 e. The number of nitrogens with zero attached hydrogens (tertiary/aromatic N) is 1. The van der Waals surface area contributed by atoms with E-state index in [0.717, 1.165) is 4.31 Å². The number of anilines is 1. The highest BCUT2D eigenvalue weighted by atomic mass is 35.5. The average Bonchev–Trinajstić information content (AvgIpc) is 2.68. The molecule has 0 amide bonds. The van der Waals surface area contributed by atoms with Crippen molar-refractivity contribution in [1.82, 2.24) is 0 Å². The Bertz CT molecular complexity index is 965. The lowest BCUT2D eigenvalue weighted by Crippen LogP contribution is -2.36. The van der Waals surface area contributed by atoms with Crippen molar-refractivity contribution in [3.05, 3.63) is 46.4 Å². The molecule has 0 aliphatic heterocycles. The summed E-state index contributed by atoms with van der Waals surface area (Å²) in [5, 5.41) is -0.272. The van der Waals surface area contributed by atoms with Crippen LogP contribution in [0.2, 0.25) is 10.0 Å². The molecule has 2 aromatic carbocycles. The minimum Gasteiger partial charge on any atom is -0.495 e. The zero-order valence-electron chi connectivity index (χ0n) is 15.4. The smallest absolute Gasteiger partial charge is 0.326 e. The third-order valence-corrected chi connectivity index (χ3v) is 6.51. The van der Waals surface area contributed by atoms with E-state index in [-0.39, 0.29) is 32.1 Å². The highest BCUT2D eigenvalue weighted by Gasteiger charge is 2.32. The van der Waals surface area contributed by atoms with Gasteiger partial charge in [0.2, 0.25) is 0 Å². The summed E-state index contributed by atoms with van der Waals surface area (Å²) in [6.45, 7) is 1.48. The molecule has 0 spiro atoms. The molecule has 0 aliphatic rings. The van der Waals surface area contributed by atoms with Crippen LogP contribution >= 0.6 is 23.2 Å². The van der Waals surface area contributed by atoms with Gasteiger partial charge in [-0.25, -0.2) is 8.42 Å². The van der Waals surface area contributed by atoms with Crippen LogP contribution in [0.1, 0.15) is 6.92 Å². The first-order valence-electron chi connectivity index (χ1n) is 8.11. The van der Waals surface area contributed by atoms with Crippen LogP contribution in [-0.4, -0.2) is 41.8 Å². The Morgan fingerprint density at radius 2 is 1.71 bits per heavy atom. The van der Waals surface area contributed by atoms with Crippen molar-refractivity contribution in [2.75, 3.05) is 31.7 Å². The summed E-state index contributed by atoms with van der Waals surface area (Å²) in [5.74, 6) is -0.251. The fourth-order valence-corrected chi connectivity index (χ4v) is 4.65. The van der Waals surface area contributed by atoms with Gasteiger partial charge in [-0.3, -0.25) is 9.10 Å². The molecule has 0 fully saturated rings. The second kappa shape index (κ2) is 9.36. The van der Waals surface area contributed by atoms with Crippen LogP contribution in [0.5, 0.6) is 11.5 Å². The number of carbonyl (C=O) groups excluding carboxylic acids is 1.